The summed E-state index contributed by atoms with van der Waals surface area (Å²) in [5.41, 5.74) is 0.831. The van der Waals surface area contributed by atoms with Gasteiger partial charge in [-0.2, -0.15) is 0 Å². The molecule has 2 nitrogen and oxygen atoms in total. The van der Waals surface area contributed by atoms with Crippen molar-refractivity contribution in [3.05, 3.63) is 35.9 Å². The topological polar surface area (TPSA) is 23.5 Å². The normalized spacial score (nSPS) is 20.4. The summed E-state index contributed by atoms with van der Waals surface area (Å²) < 4.78 is 0. The van der Waals surface area contributed by atoms with Crippen LogP contribution in [-0.4, -0.2) is 28.6 Å². The molecule has 1 unspecified atom stereocenters. The van der Waals surface area contributed by atoms with Crippen molar-refractivity contribution in [3.63, 3.8) is 0 Å². The van der Waals surface area contributed by atoms with Gasteiger partial charge in [-0.15, -0.1) is 0 Å². The largest absolute Gasteiger partial charge is 0.386 e. The summed E-state index contributed by atoms with van der Waals surface area (Å²) in [5.74, 6) is 0. The van der Waals surface area contributed by atoms with Crippen molar-refractivity contribution < 1.29 is 5.11 Å². The number of rotatable bonds is 3. The second kappa shape index (κ2) is 5.85. The smallest absolute Gasteiger partial charge is 0.0968 e. The minimum Gasteiger partial charge on any atom is -0.386 e. The highest BCUT2D eigenvalue weighted by Crippen LogP contribution is 2.32. The Morgan fingerprint density at radius 1 is 1.00 bits per heavy atom. The average molecular weight is 247 g/mol. The lowest BCUT2D eigenvalue weighted by molar-refractivity contribution is -0.0100. The molecule has 2 rings (SSSR count). The molecule has 1 fully saturated rings. The third kappa shape index (κ3) is 2.93. The van der Waals surface area contributed by atoms with Crippen LogP contribution in [0, 0.1) is 0 Å². The first-order valence-electron chi connectivity index (χ1n) is 7.10. The van der Waals surface area contributed by atoms with Crippen molar-refractivity contribution in [2.45, 2.75) is 51.2 Å². The molecule has 0 radical (unpaired) electrons. The molecule has 0 aliphatic carbocycles. The lowest BCUT2D eigenvalue weighted by Crippen LogP contribution is -2.48. The Kier molecular flexibility index (Phi) is 4.41. The second-order valence-electron chi connectivity index (χ2n) is 5.87. The van der Waals surface area contributed by atoms with Crippen LogP contribution in [0.3, 0.4) is 0 Å². The van der Waals surface area contributed by atoms with Crippen molar-refractivity contribution in [2.75, 3.05) is 13.1 Å². The van der Waals surface area contributed by atoms with Crippen molar-refractivity contribution in [2.24, 2.45) is 0 Å². The summed E-state index contributed by atoms with van der Waals surface area (Å²) in [6.07, 6.45) is 4.74. The van der Waals surface area contributed by atoms with Gasteiger partial charge in [-0.3, -0.25) is 4.90 Å². The molecule has 1 aliphatic heterocycles. The summed E-state index contributed by atoms with van der Waals surface area (Å²) >= 11 is 0. The highest BCUT2D eigenvalue weighted by molar-refractivity contribution is 5.20. The van der Waals surface area contributed by atoms with E-state index in [0.717, 1.165) is 18.7 Å². The van der Waals surface area contributed by atoms with Crippen LogP contribution in [0.25, 0.3) is 0 Å². The van der Waals surface area contributed by atoms with E-state index in [2.05, 4.69) is 18.7 Å². The van der Waals surface area contributed by atoms with E-state index in [1.165, 1.54) is 25.7 Å². The summed E-state index contributed by atoms with van der Waals surface area (Å²) in [7, 11) is 0. The zero-order chi connectivity index (χ0) is 13.0. The quantitative estimate of drug-likeness (QED) is 0.885. The van der Waals surface area contributed by atoms with Crippen LogP contribution in [0.2, 0.25) is 0 Å². The highest BCUT2D eigenvalue weighted by Gasteiger charge is 2.35. The van der Waals surface area contributed by atoms with Crippen molar-refractivity contribution in [1.29, 1.82) is 0 Å². The predicted molar refractivity (Wildman–Crippen MR) is 75.5 cm³/mol. The molecule has 0 amide bonds. The Balaban J connectivity index is 2.13. The molecule has 1 heterocycles. The van der Waals surface area contributed by atoms with Gasteiger partial charge in [0.2, 0.25) is 0 Å². The van der Waals surface area contributed by atoms with E-state index >= 15 is 0 Å². The Labute approximate surface area is 111 Å². The van der Waals surface area contributed by atoms with Crippen LogP contribution in [0.5, 0.6) is 0 Å². The van der Waals surface area contributed by atoms with Gasteiger partial charge in [0.05, 0.1) is 6.10 Å². The van der Waals surface area contributed by atoms with Crippen molar-refractivity contribution >= 4 is 0 Å². The van der Waals surface area contributed by atoms with Crippen LogP contribution in [0.15, 0.2) is 30.3 Å². The number of aliphatic hydroxyl groups excluding tert-OH is 1. The van der Waals surface area contributed by atoms with Crippen LogP contribution in [0.4, 0.5) is 0 Å². The van der Waals surface area contributed by atoms with Crippen molar-refractivity contribution in [1.82, 2.24) is 4.90 Å². The molecule has 18 heavy (non-hydrogen) atoms. The molecule has 1 aromatic carbocycles. The molecular weight excluding hydrogens is 222 g/mol. The number of hydrogen-bond donors (Lipinski definition) is 1. The first kappa shape index (κ1) is 13.6. The Morgan fingerprint density at radius 3 is 2.11 bits per heavy atom. The van der Waals surface area contributed by atoms with Gasteiger partial charge < -0.3 is 5.11 Å². The minimum absolute atomic E-state index is 0.189. The fraction of sp³-hybridized carbons (Fsp3) is 0.625. The molecule has 0 bridgehead atoms. The number of nitrogens with zero attached hydrogens (tertiary/aromatic N) is 1. The number of aliphatic hydroxyl groups is 1. The Hall–Kier alpha value is -0.860. The summed E-state index contributed by atoms with van der Waals surface area (Å²) in [6, 6.07) is 10.0. The second-order valence-corrected chi connectivity index (χ2v) is 5.87. The molecule has 1 aliphatic rings. The number of hydrogen-bond acceptors (Lipinski definition) is 2. The van der Waals surface area contributed by atoms with E-state index < -0.39 is 6.10 Å². The van der Waals surface area contributed by atoms with Gasteiger partial charge in [-0.25, -0.2) is 0 Å². The highest BCUT2D eigenvalue weighted by atomic mass is 16.3. The van der Waals surface area contributed by atoms with Gasteiger partial charge >= 0.3 is 0 Å². The monoisotopic (exact) mass is 247 g/mol. The predicted octanol–water partition coefficient (Wildman–Crippen LogP) is 3.37. The third-order valence-corrected chi connectivity index (χ3v) is 4.21. The summed E-state index contributed by atoms with van der Waals surface area (Å²) in [4.78, 5) is 2.46. The number of likely N-dealkylation sites (tertiary alicyclic amines) is 1. The van der Waals surface area contributed by atoms with E-state index in [1.54, 1.807) is 0 Å². The molecule has 1 saturated heterocycles. The maximum Gasteiger partial charge on any atom is 0.0968 e. The maximum atomic E-state index is 10.7. The van der Waals surface area contributed by atoms with Gasteiger partial charge in [0.15, 0.2) is 0 Å². The van der Waals surface area contributed by atoms with Gasteiger partial charge in [0.1, 0.15) is 0 Å². The Morgan fingerprint density at radius 2 is 1.56 bits per heavy atom. The van der Waals surface area contributed by atoms with E-state index in [0.29, 0.717) is 0 Å². The SMILES string of the molecule is CC(C)(C(O)c1ccccc1)N1CCCCCC1. The molecule has 1 atom stereocenters. The van der Waals surface area contributed by atoms with Crippen LogP contribution in [0.1, 0.15) is 51.2 Å². The van der Waals surface area contributed by atoms with E-state index in [1.807, 2.05) is 30.3 Å². The molecule has 2 heteroatoms. The van der Waals surface area contributed by atoms with Crippen molar-refractivity contribution in [3.8, 4) is 0 Å². The lowest BCUT2D eigenvalue weighted by atomic mass is 9.89. The van der Waals surface area contributed by atoms with E-state index in [9.17, 15) is 5.11 Å². The maximum absolute atomic E-state index is 10.7. The molecule has 1 aromatic rings. The fourth-order valence-corrected chi connectivity index (χ4v) is 2.86. The fourth-order valence-electron chi connectivity index (χ4n) is 2.86. The lowest BCUT2D eigenvalue weighted by Gasteiger charge is -2.41. The summed E-state index contributed by atoms with van der Waals surface area (Å²) in [6.45, 7) is 6.54. The molecule has 0 spiro atoms. The third-order valence-electron chi connectivity index (χ3n) is 4.21. The van der Waals surface area contributed by atoms with Crippen LogP contribution >= 0.6 is 0 Å². The molecule has 100 valence electrons. The molecule has 1 N–H and O–H groups in total. The first-order chi connectivity index (χ1) is 8.62. The zero-order valence-corrected chi connectivity index (χ0v) is 11.6. The molecule has 0 saturated carbocycles. The Bertz CT molecular complexity index is 353. The zero-order valence-electron chi connectivity index (χ0n) is 11.6. The van der Waals surface area contributed by atoms with E-state index in [4.69, 9.17) is 0 Å². The average Bonchev–Trinajstić information content (AvgIpc) is 2.68. The van der Waals surface area contributed by atoms with Crippen LogP contribution in [-0.2, 0) is 0 Å². The summed E-state index contributed by atoms with van der Waals surface area (Å²) in [5, 5.41) is 10.7. The van der Waals surface area contributed by atoms with Gasteiger partial charge in [-0.1, -0.05) is 43.2 Å². The van der Waals surface area contributed by atoms with Crippen LogP contribution < -0.4 is 0 Å². The van der Waals surface area contributed by atoms with E-state index in [-0.39, 0.29) is 5.54 Å². The van der Waals surface area contributed by atoms with Gasteiger partial charge in [0.25, 0.3) is 0 Å². The standard InChI is InChI=1S/C16H25NO/c1-16(2,17-12-8-3-4-9-13-17)15(18)14-10-6-5-7-11-14/h5-7,10-11,15,18H,3-4,8-9,12-13H2,1-2H3. The van der Waals surface area contributed by atoms with Gasteiger partial charge in [0, 0.05) is 5.54 Å². The minimum atomic E-state index is -0.420. The number of benzene rings is 1. The van der Waals surface area contributed by atoms with Gasteiger partial charge in [-0.05, 0) is 45.3 Å². The first-order valence-corrected chi connectivity index (χ1v) is 7.10. The molecule has 0 aromatic heterocycles. The molecular formula is C16H25NO.